The van der Waals surface area contributed by atoms with Gasteiger partial charge in [0.15, 0.2) is 0 Å². The summed E-state index contributed by atoms with van der Waals surface area (Å²) in [4.78, 5) is 5.24. The fraction of sp³-hybridized carbons (Fsp3) is 0.636. The fourth-order valence-electron chi connectivity index (χ4n) is 1.86. The second kappa shape index (κ2) is 6.57. The number of rotatable bonds is 3. The number of thiophene rings is 1. The summed E-state index contributed by atoms with van der Waals surface area (Å²) in [6, 6.07) is 4.40. The van der Waals surface area contributed by atoms with Gasteiger partial charge < -0.3 is 10.5 Å². The Morgan fingerprint density at radius 3 is 3.00 bits per heavy atom. The molecule has 0 amide bonds. The molecule has 92 valence electrons. The van der Waals surface area contributed by atoms with Crippen molar-refractivity contribution in [2.75, 3.05) is 26.2 Å². The predicted molar refractivity (Wildman–Crippen MR) is 70.4 cm³/mol. The number of hydrogen-bond acceptors (Lipinski definition) is 4. The summed E-state index contributed by atoms with van der Waals surface area (Å²) >= 11 is 1.88. The maximum atomic E-state index is 5.61. The highest BCUT2D eigenvalue weighted by Crippen LogP contribution is 2.18. The summed E-state index contributed by atoms with van der Waals surface area (Å²) < 4.78 is 5.54. The van der Waals surface area contributed by atoms with Crippen molar-refractivity contribution in [3.8, 4) is 0 Å². The second-order valence-electron chi connectivity index (χ2n) is 3.98. The first-order valence-corrected chi connectivity index (χ1v) is 6.19. The topological polar surface area (TPSA) is 38.5 Å². The van der Waals surface area contributed by atoms with Gasteiger partial charge in [0.25, 0.3) is 0 Å². The van der Waals surface area contributed by atoms with Crippen molar-refractivity contribution >= 4 is 23.7 Å². The van der Waals surface area contributed by atoms with Gasteiger partial charge in [-0.15, -0.1) is 23.7 Å². The maximum Gasteiger partial charge on any atom is 0.0824 e. The summed E-state index contributed by atoms with van der Waals surface area (Å²) in [5, 5.41) is 0. The van der Waals surface area contributed by atoms with Gasteiger partial charge in [-0.25, -0.2) is 0 Å². The lowest BCUT2D eigenvalue weighted by Gasteiger charge is -2.31. The minimum Gasteiger partial charge on any atom is -0.374 e. The zero-order valence-electron chi connectivity index (χ0n) is 9.52. The van der Waals surface area contributed by atoms with E-state index in [1.165, 1.54) is 9.75 Å². The third-order valence-electron chi connectivity index (χ3n) is 2.66. The van der Waals surface area contributed by atoms with Gasteiger partial charge in [-0.05, 0) is 19.1 Å². The molecule has 16 heavy (non-hydrogen) atoms. The normalized spacial score (nSPS) is 21.8. The molecule has 1 aromatic rings. The second-order valence-corrected chi connectivity index (χ2v) is 5.35. The van der Waals surface area contributed by atoms with E-state index in [1.54, 1.807) is 0 Å². The molecule has 0 saturated carbocycles. The molecule has 0 aliphatic carbocycles. The van der Waals surface area contributed by atoms with E-state index in [0.717, 1.165) is 26.2 Å². The van der Waals surface area contributed by atoms with Gasteiger partial charge in [0, 0.05) is 35.9 Å². The molecule has 0 spiro atoms. The molecule has 2 rings (SSSR count). The molecule has 1 saturated heterocycles. The molecule has 1 unspecified atom stereocenters. The Labute approximate surface area is 107 Å². The van der Waals surface area contributed by atoms with Crippen molar-refractivity contribution < 1.29 is 4.74 Å². The van der Waals surface area contributed by atoms with E-state index in [0.29, 0.717) is 6.54 Å². The number of nitrogens with two attached hydrogens (primary N) is 1. The summed E-state index contributed by atoms with van der Waals surface area (Å²) in [5.74, 6) is 0. The van der Waals surface area contributed by atoms with Crippen LogP contribution in [0.5, 0.6) is 0 Å². The van der Waals surface area contributed by atoms with Crippen LogP contribution < -0.4 is 5.73 Å². The van der Waals surface area contributed by atoms with Crippen molar-refractivity contribution in [2.45, 2.75) is 19.6 Å². The first kappa shape index (κ1) is 13.9. The molecule has 0 radical (unpaired) electrons. The van der Waals surface area contributed by atoms with Gasteiger partial charge in [0.2, 0.25) is 0 Å². The number of halogens is 1. The van der Waals surface area contributed by atoms with Gasteiger partial charge in [0.1, 0.15) is 0 Å². The van der Waals surface area contributed by atoms with Gasteiger partial charge in [-0.2, -0.15) is 0 Å². The lowest BCUT2D eigenvalue weighted by atomic mass is 10.2. The zero-order valence-corrected chi connectivity index (χ0v) is 11.1. The SMILES string of the molecule is Cc1ccc(CN2CCOC(CN)C2)s1.Cl. The molecule has 1 fully saturated rings. The Bertz CT molecular complexity index is 319. The third kappa shape index (κ3) is 3.71. The van der Waals surface area contributed by atoms with Crippen LogP contribution in [0.1, 0.15) is 9.75 Å². The number of morpholine rings is 1. The fourth-order valence-corrected chi connectivity index (χ4v) is 2.79. The Morgan fingerprint density at radius 1 is 1.56 bits per heavy atom. The Kier molecular flexibility index (Phi) is 5.72. The van der Waals surface area contributed by atoms with Gasteiger partial charge in [0.05, 0.1) is 12.7 Å². The molecule has 2 N–H and O–H groups in total. The summed E-state index contributed by atoms with van der Waals surface area (Å²) in [6.07, 6.45) is 0.222. The van der Waals surface area contributed by atoms with E-state index in [2.05, 4.69) is 24.0 Å². The van der Waals surface area contributed by atoms with Crippen LogP contribution in [-0.2, 0) is 11.3 Å². The zero-order chi connectivity index (χ0) is 10.7. The highest BCUT2D eigenvalue weighted by atomic mass is 35.5. The number of nitrogens with zero attached hydrogens (tertiary/aromatic N) is 1. The summed E-state index contributed by atoms with van der Waals surface area (Å²) in [5.41, 5.74) is 5.61. The van der Waals surface area contributed by atoms with Crippen LogP contribution in [-0.4, -0.2) is 37.2 Å². The molecule has 1 atom stereocenters. The van der Waals surface area contributed by atoms with Crippen LogP contribution in [0, 0.1) is 6.92 Å². The molecular weight excluding hydrogens is 244 g/mol. The highest BCUT2D eigenvalue weighted by Gasteiger charge is 2.19. The van der Waals surface area contributed by atoms with Crippen molar-refractivity contribution in [3.63, 3.8) is 0 Å². The van der Waals surface area contributed by atoms with Crippen molar-refractivity contribution in [1.82, 2.24) is 4.90 Å². The minimum atomic E-state index is 0. The van der Waals surface area contributed by atoms with Crippen LogP contribution in [0.4, 0.5) is 0 Å². The molecule has 5 heteroatoms. The standard InChI is InChI=1S/C11H18N2OS.ClH/c1-9-2-3-11(15-9)8-13-4-5-14-10(6-12)7-13;/h2-3,10H,4-8,12H2,1H3;1H. The van der Waals surface area contributed by atoms with Gasteiger partial charge in [-0.1, -0.05) is 0 Å². The van der Waals surface area contributed by atoms with E-state index in [1.807, 2.05) is 11.3 Å². The molecule has 1 aliphatic heterocycles. The smallest absolute Gasteiger partial charge is 0.0824 e. The van der Waals surface area contributed by atoms with Crippen molar-refractivity contribution in [1.29, 1.82) is 0 Å². The van der Waals surface area contributed by atoms with Crippen LogP contribution in [0.15, 0.2) is 12.1 Å². The van der Waals surface area contributed by atoms with Crippen molar-refractivity contribution in [3.05, 3.63) is 21.9 Å². The molecule has 3 nitrogen and oxygen atoms in total. The Balaban J connectivity index is 0.00000128. The van der Waals surface area contributed by atoms with Crippen LogP contribution in [0.25, 0.3) is 0 Å². The van der Waals surface area contributed by atoms with Gasteiger partial charge >= 0.3 is 0 Å². The van der Waals surface area contributed by atoms with Crippen LogP contribution in [0.2, 0.25) is 0 Å². The molecule has 2 heterocycles. The predicted octanol–water partition coefficient (Wildman–Crippen LogP) is 1.64. The first-order chi connectivity index (χ1) is 7.28. The summed E-state index contributed by atoms with van der Waals surface area (Å²) in [6.45, 7) is 6.61. The quantitative estimate of drug-likeness (QED) is 0.900. The number of hydrogen-bond donors (Lipinski definition) is 1. The lowest BCUT2D eigenvalue weighted by Crippen LogP contribution is -2.44. The monoisotopic (exact) mass is 262 g/mol. The molecule has 1 aliphatic rings. The van der Waals surface area contributed by atoms with E-state index < -0.39 is 0 Å². The number of ether oxygens (including phenoxy) is 1. The van der Waals surface area contributed by atoms with E-state index in [9.17, 15) is 0 Å². The van der Waals surface area contributed by atoms with E-state index >= 15 is 0 Å². The van der Waals surface area contributed by atoms with Crippen LogP contribution in [0.3, 0.4) is 0 Å². The van der Waals surface area contributed by atoms with E-state index in [-0.39, 0.29) is 18.5 Å². The molecule has 0 aromatic carbocycles. The average molecular weight is 263 g/mol. The molecular formula is C11H19ClN2OS. The lowest BCUT2D eigenvalue weighted by molar-refractivity contribution is -0.0257. The highest BCUT2D eigenvalue weighted by molar-refractivity contribution is 7.11. The largest absolute Gasteiger partial charge is 0.374 e. The van der Waals surface area contributed by atoms with E-state index in [4.69, 9.17) is 10.5 Å². The summed E-state index contributed by atoms with van der Waals surface area (Å²) in [7, 11) is 0. The number of aryl methyl sites for hydroxylation is 1. The Hall–Kier alpha value is -0.130. The molecule has 1 aromatic heterocycles. The van der Waals surface area contributed by atoms with Crippen molar-refractivity contribution in [2.24, 2.45) is 5.73 Å². The average Bonchev–Trinajstić information content (AvgIpc) is 2.64. The van der Waals surface area contributed by atoms with Gasteiger partial charge in [-0.3, -0.25) is 4.90 Å². The van der Waals surface area contributed by atoms with Crippen LogP contribution >= 0.6 is 23.7 Å². The Morgan fingerprint density at radius 2 is 2.38 bits per heavy atom. The first-order valence-electron chi connectivity index (χ1n) is 5.37. The molecule has 0 bridgehead atoms. The maximum absolute atomic E-state index is 5.61. The minimum absolute atomic E-state index is 0. The third-order valence-corrected chi connectivity index (χ3v) is 3.65.